The van der Waals surface area contributed by atoms with Gasteiger partial charge < -0.3 is 14.3 Å². The van der Waals surface area contributed by atoms with Crippen molar-refractivity contribution in [3.8, 4) is 0 Å². The molecule has 2 aromatic rings. The van der Waals surface area contributed by atoms with Crippen molar-refractivity contribution in [2.45, 2.75) is 51.7 Å². The Balaban J connectivity index is 1.43. The number of amides is 1. The molecule has 8 nitrogen and oxygen atoms in total. The first-order chi connectivity index (χ1) is 14.7. The van der Waals surface area contributed by atoms with Crippen LogP contribution in [0.4, 0.5) is 0 Å². The van der Waals surface area contributed by atoms with Crippen molar-refractivity contribution in [3.05, 3.63) is 47.2 Å². The van der Waals surface area contributed by atoms with Crippen LogP contribution in [0.15, 0.2) is 28.9 Å². The van der Waals surface area contributed by atoms with Crippen molar-refractivity contribution in [1.29, 1.82) is 0 Å². The Labute approximate surface area is 182 Å². The number of furan rings is 1. The van der Waals surface area contributed by atoms with Crippen molar-refractivity contribution in [2.75, 3.05) is 24.6 Å². The molecule has 168 valence electrons. The smallest absolute Gasteiger partial charge is 0.237 e. The molecule has 0 unspecified atom stereocenters. The normalized spacial score (nSPS) is 23.3. The Morgan fingerprint density at radius 1 is 1.26 bits per heavy atom. The molecule has 2 atom stereocenters. The van der Waals surface area contributed by atoms with E-state index in [1.54, 1.807) is 12.3 Å². The van der Waals surface area contributed by atoms with E-state index in [1.165, 1.54) is 0 Å². The number of hydrogen-bond donors (Lipinski definition) is 1. The third-order valence-electron chi connectivity index (χ3n) is 6.39. The maximum atomic E-state index is 13.1. The van der Waals surface area contributed by atoms with E-state index in [2.05, 4.69) is 5.32 Å². The average molecular weight is 448 g/mol. The number of ketones is 1. The second-order valence-electron chi connectivity index (χ2n) is 8.56. The predicted octanol–water partition coefficient (Wildman–Crippen LogP) is 2.02. The van der Waals surface area contributed by atoms with Gasteiger partial charge in [0.15, 0.2) is 15.6 Å². The summed E-state index contributed by atoms with van der Waals surface area (Å²) in [7, 11) is -3.01. The molecule has 1 amide bonds. The lowest BCUT2D eigenvalue weighted by atomic mass is 10.1. The van der Waals surface area contributed by atoms with Crippen LogP contribution >= 0.6 is 0 Å². The molecule has 0 spiro atoms. The van der Waals surface area contributed by atoms with Gasteiger partial charge in [0.05, 0.1) is 36.9 Å². The summed E-state index contributed by atoms with van der Waals surface area (Å²) < 4.78 is 31.1. The molecule has 0 bridgehead atoms. The summed E-state index contributed by atoms with van der Waals surface area (Å²) in [5, 5.41) is 2.89. The van der Waals surface area contributed by atoms with Gasteiger partial charge in [0, 0.05) is 23.0 Å². The van der Waals surface area contributed by atoms with Crippen molar-refractivity contribution in [1.82, 2.24) is 14.8 Å². The number of nitrogens with one attached hydrogen (secondary N) is 1. The number of Topliss-reactive ketones (excluding diaryl/α,β-unsaturated/α-hetero) is 1. The lowest BCUT2D eigenvalue weighted by molar-refractivity contribution is -0.125. The van der Waals surface area contributed by atoms with Gasteiger partial charge in [-0.3, -0.25) is 14.5 Å². The van der Waals surface area contributed by atoms with Crippen LogP contribution in [0.2, 0.25) is 0 Å². The van der Waals surface area contributed by atoms with E-state index in [9.17, 15) is 18.0 Å². The van der Waals surface area contributed by atoms with Gasteiger partial charge in [0.25, 0.3) is 0 Å². The summed E-state index contributed by atoms with van der Waals surface area (Å²) in [6.07, 6.45) is 3.73. The Morgan fingerprint density at radius 3 is 2.74 bits per heavy atom. The topological polar surface area (TPSA) is 102 Å². The molecule has 0 aliphatic carbocycles. The van der Waals surface area contributed by atoms with Crippen LogP contribution in [0.3, 0.4) is 0 Å². The second kappa shape index (κ2) is 8.63. The standard InChI is InChI=1S/C22H29N3O5S/c1-15-11-19(16(2)25(15)17-7-10-31(28,29)14-17)21(26)13-24-8-3-6-20(24)22(27)23-12-18-5-4-9-30-18/h4-5,9,11,17,20H,3,6-8,10,12-14H2,1-2H3,(H,23,27)/t17-,20-/m1/s1. The Morgan fingerprint density at radius 2 is 2.06 bits per heavy atom. The molecule has 2 aromatic heterocycles. The molecule has 2 fully saturated rings. The Hall–Kier alpha value is -2.39. The van der Waals surface area contributed by atoms with Crippen molar-refractivity contribution < 1.29 is 22.4 Å². The number of carbonyl (C=O) groups is 2. The Kier molecular flexibility index (Phi) is 6.07. The molecule has 2 aliphatic rings. The fraction of sp³-hybridized carbons (Fsp3) is 0.545. The zero-order valence-corrected chi connectivity index (χ0v) is 18.8. The second-order valence-corrected chi connectivity index (χ2v) is 10.8. The fourth-order valence-corrected chi connectivity index (χ4v) is 6.59. The minimum atomic E-state index is -3.01. The van der Waals surface area contributed by atoms with E-state index >= 15 is 0 Å². The first-order valence-electron chi connectivity index (χ1n) is 10.7. The van der Waals surface area contributed by atoms with Gasteiger partial charge in [-0.2, -0.15) is 0 Å². The Bertz CT molecular complexity index is 1070. The molecule has 4 heterocycles. The van der Waals surface area contributed by atoms with Crippen molar-refractivity contribution >= 4 is 21.5 Å². The number of hydrogen-bond acceptors (Lipinski definition) is 6. The summed E-state index contributed by atoms with van der Waals surface area (Å²) in [4.78, 5) is 27.7. The molecular formula is C22H29N3O5S. The van der Waals surface area contributed by atoms with Crippen molar-refractivity contribution in [2.24, 2.45) is 0 Å². The van der Waals surface area contributed by atoms with Gasteiger partial charge in [-0.05, 0) is 57.9 Å². The van der Waals surface area contributed by atoms with Crippen LogP contribution in [0.5, 0.6) is 0 Å². The lowest BCUT2D eigenvalue weighted by Crippen LogP contribution is -2.44. The minimum absolute atomic E-state index is 0.0362. The van der Waals surface area contributed by atoms with Crippen LogP contribution < -0.4 is 5.32 Å². The number of carbonyl (C=O) groups excluding carboxylic acids is 2. The first-order valence-corrected chi connectivity index (χ1v) is 12.5. The summed E-state index contributed by atoms with van der Waals surface area (Å²) in [5.41, 5.74) is 2.32. The zero-order chi connectivity index (χ0) is 22.2. The number of rotatable bonds is 7. The van der Waals surface area contributed by atoms with Gasteiger partial charge in [-0.15, -0.1) is 0 Å². The molecule has 4 rings (SSSR count). The summed E-state index contributed by atoms with van der Waals surface area (Å²) in [6.45, 7) is 4.99. The predicted molar refractivity (Wildman–Crippen MR) is 116 cm³/mol. The third kappa shape index (κ3) is 4.62. The molecule has 0 radical (unpaired) electrons. The van der Waals surface area contributed by atoms with Crippen LogP contribution in [0, 0.1) is 13.8 Å². The third-order valence-corrected chi connectivity index (χ3v) is 8.14. The number of aromatic nitrogens is 1. The monoisotopic (exact) mass is 447 g/mol. The lowest BCUT2D eigenvalue weighted by Gasteiger charge is -2.23. The van der Waals surface area contributed by atoms with Crippen LogP contribution in [0.25, 0.3) is 0 Å². The minimum Gasteiger partial charge on any atom is -0.467 e. The van der Waals surface area contributed by atoms with Gasteiger partial charge in [0.2, 0.25) is 5.91 Å². The molecule has 2 saturated heterocycles. The highest BCUT2D eigenvalue weighted by atomic mass is 32.2. The van der Waals surface area contributed by atoms with Crippen LogP contribution in [-0.2, 0) is 21.2 Å². The van der Waals surface area contributed by atoms with Crippen LogP contribution in [-0.4, -0.2) is 60.2 Å². The first kappa shape index (κ1) is 21.8. The molecule has 31 heavy (non-hydrogen) atoms. The largest absolute Gasteiger partial charge is 0.467 e. The highest BCUT2D eigenvalue weighted by Gasteiger charge is 2.34. The van der Waals surface area contributed by atoms with E-state index < -0.39 is 9.84 Å². The molecule has 0 aromatic carbocycles. The van der Waals surface area contributed by atoms with E-state index in [4.69, 9.17) is 4.42 Å². The highest BCUT2D eigenvalue weighted by Crippen LogP contribution is 2.29. The summed E-state index contributed by atoms with van der Waals surface area (Å²) in [6, 6.07) is 4.99. The molecule has 9 heteroatoms. The van der Waals surface area contributed by atoms with E-state index in [0.717, 1.165) is 24.2 Å². The SMILES string of the molecule is Cc1cc(C(=O)CN2CCC[C@@H]2C(=O)NCc2ccco2)c(C)n1[C@@H]1CCS(=O)(=O)C1. The fourth-order valence-electron chi connectivity index (χ4n) is 4.89. The number of likely N-dealkylation sites (tertiary alicyclic amines) is 1. The van der Waals surface area contributed by atoms with E-state index in [0.29, 0.717) is 30.8 Å². The summed E-state index contributed by atoms with van der Waals surface area (Å²) in [5.74, 6) is 0.881. The molecular weight excluding hydrogens is 418 g/mol. The maximum absolute atomic E-state index is 13.1. The zero-order valence-electron chi connectivity index (χ0n) is 18.0. The van der Waals surface area contributed by atoms with Gasteiger partial charge in [-0.1, -0.05) is 0 Å². The van der Waals surface area contributed by atoms with Gasteiger partial charge in [0.1, 0.15) is 5.76 Å². The van der Waals surface area contributed by atoms with Crippen LogP contribution in [0.1, 0.15) is 52.8 Å². The van der Waals surface area contributed by atoms with Gasteiger partial charge >= 0.3 is 0 Å². The van der Waals surface area contributed by atoms with Crippen molar-refractivity contribution in [3.63, 3.8) is 0 Å². The number of aryl methyl sites for hydroxylation is 1. The maximum Gasteiger partial charge on any atom is 0.237 e. The molecule has 1 N–H and O–H groups in total. The van der Waals surface area contributed by atoms with E-state index in [-0.39, 0.29) is 41.8 Å². The summed E-state index contributed by atoms with van der Waals surface area (Å²) >= 11 is 0. The number of sulfone groups is 1. The molecule has 0 saturated carbocycles. The quantitative estimate of drug-likeness (QED) is 0.652. The average Bonchev–Trinajstić information content (AvgIpc) is 3.48. The number of nitrogens with zero attached hydrogens (tertiary/aromatic N) is 2. The highest BCUT2D eigenvalue weighted by molar-refractivity contribution is 7.91. The molecule has 2 aliphatic heterocycles. The van der Waals surface area contributed by atoms with E-state index in [1.807, 2.05) is 35.4 Å². The van der Waals surface area contributed by atoms with Gasteiger partial charge in [-0.25, -0.2) is 8.42 Å².